The van der Waals surface area contributed by atoms with Crippen molar-refractivity contribution in [2.45, 2.75) is 6.42 Å². The van der Waals surface area contributed by atoms with Crippen LogP contribution in [0.2, 0.25) is 0 Å². The van der Waals surface area contributed by atoms with E-state index < -0.39 is 5.97 Å². The Morgan fingerprint density at radius 1 is 1.65 bits per heavy atom. The summed E-state index contributed by atoms with van der Waals surface area (Å²) in [6, 6.07) is 3.77. The molecule has 2 heterocycles. The van der Waals surface area contributed by atoms with Gasteiger partial charge in [0.25, 0.3) is 0 Å². The average molecular weight is 234 g/mol. The Kier molecular flexibility index (Phi) is 4.90. The van der Waals surface area contributed by atoms with Crippen LogP contribution in [-0.4, -0.2) is 27.8 Å². The van der Waals surface area contributed by atoms with Crippen LogP contribution in [0.4, 0.5) is 5.82 Å². The molecule has 0 saturated carbocycles. The molecule has 0 atom stereocenters. The van der Waals surface area contributed by atoms with Crippen LogP contribution in [-0.2, 0) is 4.79 Å². The van der Waals surface area contributed by atoms with E-state index in [2.05, 4.69) is 11.6 Å². The van der Waals surface area contributed by atoms with E-state index in [1.54, 1.807) is 6.20 Å². The van der Waals surface area contributed by atoms with Gasteiger partial charge in [-0.2, -0.15) is 0 Å². The van der Waals surface area contributed by atoms with Crippen molar-refractivity contribution < 1.29 is 15.1 Å². The van der Waals surface area contributed by atoms with Crippen LogP contribution in [0.1, 0.15) is 12.0 Å². The number of aliphatic carboxylic acids is 1. The van der Waals surface area contributed by atoms with Gasteiger partial charge in [0, 0.05) is 11.8 Å². The molecule has 5 nitrogen and oxygen atoms in total. The largest absolute Gasteiger partial charge is 0.481 e. The molecule has 0 saturated heterocycles. The summed E-state index contributed by atoms with van der Waals surface area (Å²) in [7, 11) is 0. The highest BCUT2D eigenvalue weighted by Crippen LogP contribution is 2.20. The third-order valence-electron chi connectivity index (χ3n) is 1.96. The van der Waals surface area contributed by atoms with Gasteiger partial charge in [0.2, 0.25) is 0 Å². The second kappa shape index (κ2) is 6.44. The summed E-state index contributed by atoms with van der Waals surface area (Å²) in [6.07, 6.45) is 6.92. The van der Waals surface area contributed by atoms with E-state index in [1.165, 1.54) is 6.08 Å². The fourth-order valence-corrected chi connectivity index (χ4v) is 1.24. The number of hydroxylamine groups is 1. The molecule has 1 aromatic heterocycles. The van der Waals surface area contributed by atoms with Gasteiger partial charge in [-0.05, 0) is 12.1 Å². The number of pyridine rings is 1. The summed E-state index contributed by atoms with van der Waals surface area (Å²) in [5.74, 6) is -0.194. The lowest BCUT2D eigenvalue weighted by atomic mass is 10.2. The van der Waals surface area contributed by atoms with Gasteiger partial charge in [0.15, 0.2) is 5.82 Å². The van der Waals surface area contributed by atoms with Gasteiger partial charge in [0.1, 0.15) is 0 Å². The highest BCUT2D eigenvalue weighted by Gasteiger charge is 2.09. The standard InChI is InChI=1S/C8H8N2O.C4H6O2/c11-10-6-2-4-7-3-1-5-9-8(7)10;1-2-3-4(5)6/h1-5,11H,6H2;2H,1,3H2,(H,5,6). The second-order valence-corrected chi connectivity index (χ2v) is 3.29. The molecule has 0 spiro atoms. The number of nitrogens with zero attached hydrogens (tertiary/aromatic N) is 2. The minimum atomic E-state index is -0.829. The molecule has 5 heteroatoms. The van der Waals surface area contributed by atoms with Crippen molar-refractivity contribution >= 4 is 17.9 Å². The van der Waals surface area contributed by atoms with E-state index in [1.807, 2.05) is 24.3 Å². The van der Waals surface area contributed by atoms with Gasteiger partial charge in [-0.25, -0.2) is 10.0 Å². The van der Waals surface area contributed by atoms with Gasteiger partial charge in [-0.3, -0.25) is 10.0 Å². The molecule has 1 aliphatic rings. The number of carboxylic acids is 1. The highest BCUT2D eigenvalue weighted by molar-refractivity contribution is 5.68. The number of carboxylic acid groups (broad SMARTS) is 1. The summed E-state index contributed by atoms with van der Waals surface area (Å²) in [4.78, 5) is 13.6. The predicted molar refractivity (Wildman–Crippen MR) is 64.9 cm³/mol. The summed E-state index contributed by atoms with van der Waals surface area (Å²) in [5.41, 5.74) is 0.959. The number of hydrogen-bond acceptors (Lipinski definition) is 4. The van der Waals surface area contributed by atoms with Crippen molar-refractivity contribution in [3.8, 4) is 0 Å². The number of carbonyl (C=O) groups is 1. The Labute approximate surface area is 99.3 Å². The monoisotopic (exact) mass is 234 g/mol. The number of aromatic nitrogens is 1. The molecule has 0 bridgehead atoms. The van der Waals surface area contributed by atoms with Crippen LogP contribution in [0, 0.1) is 0 Å². The van der Waals surface area contributed by atoms with Crippen LogP contribution >= 0.6 is 0 Å². The van der Waals surface area contributed by atoms with Gasteiger partial charge in [-0.1, -0.05) is 18.2 Å². The van der Waals surface area contributed by atoms with Crippen LogP contribution in [0.3, 0.4) is 0 Å². The summed E-state index contributed by atoms with van der Waals surface area (Å²) in [6.45, 7) is 3.74. The van der Waals surface area contributed by atoms with Crippen LogP contribution in [0.5, 0.6) is 0 Å². The first kappa shape index (κ1) is 12.9. The summed E-state index contributed by atoms with van der Waals surface area (Å²) in [5, 5.41) is 18.3. The van der Waals surface area contributed by atoms with E-state index in [9.17, 15) is 10.0 Å². The zero-order valence-corrected chi connectivity index (χ0v) is 9.28. The first-order valence-electron chi connectivity index (χ1n) is 5.06. The predicted octanol–water partition coefficient (Wildman–Crippen LogP) is 1.95. The molecule has 2 N–H and O–H groups in total. The molecule has 0 fully saturated rings. The van der Waals surface area contributed by atoms with E-state index >= 15 is 0 Å². The van der Waals surface area contributed by atoms with Crippen molar-refractivity contribution in [1.29, 1.82) is 0 Å². The maximum absolute atomic E-state index is 9.53. The summed E-state index contributed by atoms with van der Waals surface area (Å²) < 4.78 is 0. The minimum Gasteiger partial charge on any atom is -0.481 e. The SMILES string of the molecule is C=CCC(=O)O.ON1CC=Cc2cccnc21. The van der Waals surface area contributed by atoms with E-state index in [-0.39, 0.29) is 6.42 Å². The number of fused-ring (bicyclic) bond motifs is 1. The first-order valence-corrected chi connectivity index (χ1v) is 5.06. The number of hydrogen-bond donors (Lipinski definition) is 2. The fraction of sp³-hybridized carbons (Fsp3) is 0.167. The van der Waals surface area contributed by atoms with E-state index in [0.29, 0.717) is 12.4 Å². The van der Waals surface area contributed by atoms with Crippen LogP contribution < -0.4 is 5.06 Å². The van der Waals surface area contributed by atoms with E-state index in [0.717, 1.165) is 10.6 Å². The minimum absolute atomic E-state index is 0.0556. The average Bonchev–Trinajstić information content (AvgIpc) is 2.30. The summed E-state index contributed by atoms with van der Waals surface area (Å²) >= 11 is 0. The molecule has 0 aromatic carbocycles. The second-order valence-electron chi connectivity index (χ2n) is 3.29. The maximum atomic E-state index is 9.53. The lowest BCUT2D eigenvalue weighted by Gasteiger charge is -2.18. The van der Waals surface area contributed by atoms with Crippen molar-refractivity contribution in [3.05, 3.63) is 42.6 Å². The lowest BCUT2D eigenvalue weighted by Crippen LogP contribution is -2.22. The van der Waals surface area contributed by atoms with Crippen molar-refractivity contribution in [1.82, 2.24) is 4.98 Å². The third-order valence-corrected chi connectivity index (χ3v) is 1.96. The molecule has 1 aromatic rings. The smallest absolute Gasteiger partial charge is 0.307 e. The first-order chi connectivity index (χ1) is 8.15. The molecular weight excluding hydrogens is 220 g/mol. The Balaban J connectivity index is 0.000000209. The Bertz CT molecular complexity index is 430. The topological polar surface area (TPSA) is 73.7 Å². The van der Waals surface area contributed by atoms with Crippen molar-refractivity contribution in [2.24, 2.45) is 0 Å². The fourth-order valence-electron chi connectivity index (χ4n) is 1.24. The molecule has 0 radical (unpaired) electrons. The Morgan fingerprint density at radius 3 is 2.94 bits per heavy atom. The van der Waals surface area contributed by atoms with Gasteiger partial charge >= 0.3 is 5.97 Å². The molecule has 0 unspecified atom stereocenters. The van der Waals surface area contributed by atoms with Gasteiger partial charge < -0.3 is 5.11 Å². The molecule has 90 valence electrons. The Morgan fingerprint density at radius 2 is 2.41 bits per heavy atom. The highest BCUT2D eigenvalue weighted by atomic mass is 16.5. The molecule has 1 aliphatic heterocycles. The molecule has 0 aliphatic carbocycles. The Hall–Kier alpha value is -2.14. The molecule has 17 heavy (non-hydrogen) atoms. The zero-order chi connectivity index (χ0) is 12.7. The van der Waals surface area contributed by atoms with Gasteiger partial charge in [-0.15, -0.1) is 6.58 Å². The molecule has 0 amide bonds. The quantitative estimate of drug-likeness (QED) is 0.765. The van der Waals surface area contributed by atoms with Crippen molar-refractivity contribution in [3.63, 3.8) is 0 Å². The maximum Gasteiger partial charge on any atom is 0.307 e. The van der Waals surface area contributed by atoms with Gasteiger partial charge in [0.05, 0.1) is 13.0 Å². The van der Waals surface area contributed by atoms with Crippen LogP contribution in [0.15, 0.2) is 37.1 Å². The van der Waals surface area contributed by atoms with Crippen molar-refractivity contribution in [2.75, 3.05) is 11.6 Å². The number of rotatable bonds is 2. The number of anilines is 1. The van der Waals surface area contributed by atoms with Crippen LogP contribution in [0.25, 0.3) is 6.08 Å². The third kappa shape index (κ3) is 4.08. The molecular formula is C12H14N2O3. The lowest BCUT2D eigenvalue weighted by molar-refractivity contribution is -0.135. The zero-order valence-electron chi connectivity index (χ0n) is 9.28. The van der Waals surface area contributed by atoms with E-state index in [4.69, 9.17) is 5.11 Å². The normalized spacial score (nSPS) is 12.2. The molecule has 2 rings (SSSR count).